The molecule has 1 aliphatic rings. The van der Waals surface area contributed by atoms with Crippen molar-refractivity contribution in [2.24, 2.45) is 0 Å². The number of fused-ring (bicyclic) bond motifs is 1. The average Bonchev–Trinajstić information content (AvgIpc) is 2.83. The number of rotatable bonds is 1. The SMILES string of the molecule is C[C@@H]1CN(c2nc3ncc(C(F)(F)F)cc3s2)[C@@H](C)CN1. The molecule has 0 spiro atoms. The fourth-order valence-corrected chi connectivity index (χ4v) is 3.45. The lowest BCUT2D eigenvalue weighted by Crippen LogP contribution is -2.54. The zero-order valence-electron chi connectivity index (χ0n) is 11.6. The Hall–Kier alpha value is -1.41. The first kappa shape index (κ1) is 14.5. The monoisotopic (exact) mass is 316 g/mol. The van der Waals surface area contributed by atoms with E-state index in [0.717, 1.165) is 30.5 Å². The van der Waals surface area contributed by atoms with Crippen molar-refractivity contribution in [3.63, 3.8) is 0 Å². The number of halogens is 3. The first-order chi connectivity index (χ1) is 9.84. The molecule has 0 saturated carbocycles. The number of hydrogen-bond donors (Lipinski definition) is 1. The predicted octanol–water partition coefficient (Wildman–Crippen LogP) is 2.90. The summed E-state index contributed by atoms with van der Waals surface area (Å²) in [5.41, 5.74) is -0.353. The molecule has 3 heterocycles. The van der Waals surface area contributed by atoms with Crippen molar-refractivity contribution in [3.05, 3.63) is 17.8 Å². The van der Waals surface area contributed by atoms with Crippen molar-refractivity contribution in [1.29, 1.82) is 0 Å². The van der Waals surface area contributed by atoms with Crippen molar-refractivity contribution in [3.8, 4) is 0 Å². The summed E-state index contributed by atoms with van der Waals surface area (Å²) in [5.74, 6) is 0. The molecule has 0 aliphatic carbocycles. The minimum absolute atomic E-state index is 0.254. The van der Waals surface area contributed by atoms with Crippen LogP contribution in [-0.2, 0) is 6.18 Å². The average molecular weight is 316 g/mol. The molecule has 2 aromatic heterocycles. The van der Waals surface area contributed by atoms with Gasteiger partial charge < -0.3 is 10.2 Å². The van der Waals surface area contributed by atoms with Crippen LogP contribution < -0.4 is 10.2 Å². The van der Waals surface area contributed by atoms with Crippen LogP contribution in [0.5, 0.6) is 0 Å². The number of aromatic nitrogens is 2. The van der Waals surface area contributed by atoms with Crippen LogP contribution in [0.2, 0.25) is 0 Å². The van der Waals surface area contributed by atoms with Crippen LogP contribution in [-0.4, -0.2) is 35.1 Å². The molecular weight excluding hydrogens is 301 g/mol. The van der Waals surface area contributed by atoms with E-state index in [4.69, 9.17) is 0 Å². The molecule has 0 amide bonds. The summed E-state index contributed by atoms with van der Waals surface area (Å²) in [6.45, 7) is 5.76. The number of nitrogens with one attached hydrogen (secondary N) is 1. The fourth-order valence-electron chi connectivity index (χ4n) is 2.37. The van der Waals surface area contributed by atoms with E-state index in [-0.39, 0.29) is 6.04 Å². The van der Waals surface area contributed by atoms with Crippen LogP contribution in [0.4, 0.5) is 18.3 Å². The summed E-state index contributed by atoms with van der Waals surface area (Å²) in [4.78, 5) is 10.4. The molecule has 1 fully saturated rings. The highest BCUT2D eigenvalue weighted by molar-refractivity contribution is 7.22. The Morgan fingerprint density at radius 1 is 1.38 bits per heavy atom. The lowest BCUT2D eigenvalue weighted by atomic mass is 10.1. The summed E-state index contributed by atoms with van der Waals surface area (Å²) in [6, 6.07) is 1.70. The third kappa shape index (κ3) is 2.82. The third-order valence-corrected chi connectivity index (χ3v) is 4.60. The van der Waals surface area contributed by atoms with E-state index in [2.05, 4.69) is 34.0 Å². The summed E-state index contributed by atoms with van der Waals surface area (Å²) in [7, 11) is 0. The van der Waals surface area contributed by atoms with Gasteiger partial charge in [0.25, 0.3) is 0 Å². The Kier molecular flexibility index (Phi) is 3.53. The topological polar surface area (TPSA) is 41.1 Å². The third-order valence-electron chi connectivity index (χ3n) is 3.57. The largest absolute Gasteiger partial charge is 0.417 e. The van der Waals surface area contributed by atoms with Gasteiger partial charge in [0.1, 0.15) is 0 Å². The number of hydrogen-bond acceptors (Lipinski definition) is 5. The molecule has 2 atom stereocenters. The van der Waals surface area contributed by atoms with Crippen LogP contribution in [0.3, 0.4) is 0 Å². The highest BCUT2D eigenvalue weighted by Gasteiger charge is 2.32. The molecule has 3 rings (SSSR count). The smallest absolute Gasteiger partial charge is 0.342 e. The van der Waals surface area contributed by atoms with Crippen LogP contribution >= 0.6 is 11.3 Å². The van der Waals surface area contributed by atoms with Crippen LogP contribution in [0.1, 0.15) is 19.4 Å². The van der Waals surface area contributed by atoms with Crippen molar-refractivity contribution in [2.45, 2.75) is 32.1 Å². The van der Waals surface area contributed by atoms with Crippen LogP contribution in [0.15, 0.2) is 12.3 Å². The minimum atomic E-state index is -4.37. The summed E-state index contributed by atoms with van der Waals surface area (Å²) >= 11 is 1.26. The van der Waals surface area contributed by atoms with Gasteiger partial charge in [-0.05, 0) is 19.9 Å². The van der Waals surface area contributed by atoms with E-state index in [1.807, 2.05) is 0 Å². The molecule has 114 valence electrons. The molecule has 0 bridgehead atoms. The molecule has 21 heavy (non-hydrogen) atoms. The van der Waals surface area contributed by atoms with Crippen molar-refractivity contribution in [1.82, 2.24) is 15.3 Å². The standard InChI is InChI=1S/C13H15F3N4S/c1-7-6-20(8(2)4-17-7)12-19-11-10(21-12)3-9(5-18-11)13(14,15)16/h3,5,7-8,17H,4,6H2,1-2H3/t7-,8+/m1/s1. The van der Waals surface area contributed by atoms with Gasteiger partial charge in [-0.25, -0.2) is 4.98 Å². The van der Waals surface area contributed by atoms with Crippen molar-refractivity contribution in [2.75, 3.05) is 18.0 Å². The maximum absolute atomic E-state index is 12.7. The minimum Gasteiger partial charge on any atom is -0.342 e. The number of anilines is 1. The molecule has 1 saturated heterocycles. The Balaban J connectivity index is 1.97. The van der Waals surface area contributed by atoms with Crippen molar-refractivity contribution >= 4 is 26.8 Å². The van der Waals surface area contributed by atoms with Gasteiger partial charge in [-0.2, -0.15) is 18.2 Å². The van der Waals surface area contributed by atoms with E-state index < -0.39 is 11.7 Å². The number of pyridine rings is 1. The second-order valence-corrected chi connectivity index (χ2v) is 6.36. The van der Waals surface area contributed by atoms with Gasteiger partial charge in [0.2, 0.25) is 0 Å². The van der Waals surface area contributed by atoms with E-state index in [0.29, 0.717) is 16.4 Å². The van der Waals surface area contributed by atoms with Gasteiger partial charge in [0, 0.05) is 31.4 Å². The lowest BCUT2D eigenvalue weighted by molar-refractivity contribution is -0.137. The molecule has 4 nitrogen and oxygen atoms in total. The maximum Gasteiger partial charge on any atom is 0.417 e. The first-order valence-corrected chi connectivity index (χ1v) is 7.50. The van der Waals surface area contributed by atoms with Gasteiger partial charge in [-0.15, -0.1) is 0 Å². The molecule has 0 aromatic carbocycles. The summed E-state index contributed by atoms with van der Waals surface area (Å²) in [6.07, 6.45) is -3.53. The second kappa shape index (κ2) is 5.10. The number of nitrogens with zero attached hydrogens (tertiary/aromatic N) is 3. The van der Waals surface area contributed by atoms with E-state index in [9.17, 15) is 13.2 Å². The van der Waals surface area contributed by atoms with Crippen LogP contribution in [0, 0.1) is 0 Å². The summed E-state index contributed by atoms with van der Waals surface area (Å²) < 4.78 is 38.6. The molecule has 0 radical (unpaired) electrons. The summed E-state index contributed by atoms with van der Waals surface area (Å²) in [5, 5.41) is 4.10. The van der Waals surface area contributed by atoms with Crippen LogP contribution in [0.25, 0.3) is 10.3 Å². The Labute approximate surface area is 124 Å². The van der Waals surface area contributed by atoms with E-state index in [1.165, 1.54) is 11.3 Å². The zero-order chi connectivity index (χ0) is 15.2. The number of thiazole rings is 1. The number of piperazine rings is 1. The quantitative estimate of drug-likeness (QED) is 0.878. The molecule has 1 N–H and O–H groups in total. The number of alkyl halides is 3. The highest BCUT2D eigenvalue weighted by atomic mass is 32.1. The maximum atomic E-state index is 12.7. The fraction of sp³-hybridized carbons (Fsp3) is 0.538. The molecular formula is C13H15F3N4S. The second-order valence-electron chi connectivity index (χ2n) is 5.35. The van der Waals surface area contributed by atoms with Gasteiger partial charge in [-0.3, -0.25) is 0 Å². The lowest BCUT2D eigenvalue weighted by Gasteiger charge is -2.37. The highest BCUT2D eigenvalue weighted by Crippen LogP contribution is 2.34. The van der Waals surface area contributed by atoms with Crippen molar-refractivity contribution < 1.29 is 13.2 Å². The predicted molar refractivity (Wildman–Crippen MR) is 76.7 cm³/mol. The van der Waals surface area contributed by atoms with Gasteiger partial charge in [0.05, 0.1) is 10.3 Å². The normalized spacial score (nSPS) is 23.8. The molecule has 2 aromatic rings. The van der Waals surface area contributed by atoms with Gasteiger partial charge in [0.15, 0.2) is 10.8 Å². The van der Waals surface area contributed by atoms with Gasteiger partial charge in [-0.1, -0.05) is 11.3 Å². The van der Waals surface area contributed by atoms with E-state index in [1.54, 1.807) is 0 Å². The Morgan fingerprint density at radius 3 is 2.86 bits per heavy atom. The van der Waals surface area contributed by atoms with E-state index >= 15 is 0 Å². The molecule has 0 unspecified atom stereocenters. The Bertz CT molecular complexity index is 654. The zero-order valence-corrected chi connectivity index (χ0v) is 12.4. The molecule has 8 heteroatoms. The Morgan fingerprint density at radius 2 is 2.14 bits per heavy atom. The molecule has 1 aliphatic heterocycles. The van der Waals surface area contributed by atoms with Gasteiger partial charge >= 0.3 is 6.18 Å². The first-order valence-electron chi connectivity index (χ1n) is 6.68.